The lowest BCUT2D eigenvalue weighted by atomic mass is 10.3. The van der Waals surface area contributed by atoms with Crippen molar-refractivity contribution >= 4 is 24.0 Å². The van der Waals surface area contributed by atoms with Crippen LogP contribution >= 0.6 is 11.3 Å². The Labute approximate surface area is 76.8 Å². The molecule has 0 aromatic carbocycles. The molecule has 0 saturated heterocycles. The van der Waals surface area contributed by atoms with E-state index in [1.165, 1.54) is 10.1 Å². The van der Waals surface area contributed by atoms with Gasteiger partial charge in [0.25, 0.3) is 0 Å². The molecular weight excluding hydrogens is 166 g/mol. The molecule has 0 aliphatic heterocycles. The van der Waals surface area contributed by atoms with Crippen molar-refractivity contribution in [2.75, 3.05) is 0 Å². The van der Waals surface area contributed by atoms with Crippen molar-refractivity contribution in [3.63, 3.8) is 0 Å². The Morgan fingerprint density at radius 1 is 1.58 bits per heavy atom. The van der Waals surface area contributed by atoms with Crippen LogP contribution in [0.25, 0.3) is 12.7 Å². The Balaban J connectivity index is 3.28. The van der Waals surface area contributed by atoms with Crippen molar-refractivity contribution < 1.29 is 0 Å². The molecule has 0 bridgehead atoms. The van der Waals surface area contributed by atoms with Gasteiger partial charge in [-0.1, -0.05) is 18.2 Å². The molecule has 0 atom stereocenters. The first-order chi connectivity index (χ1) is 5.63. The summed E-state index contributed by atoms with van der Waals surface area (Å²) in [5.41, 5.74) is 1.25. The molecule has 0 unspecified atom stereocenters. The van der Waals surface area contributed by atoms with Gasteiger partial charge in [-0.15, -0.1) is 11.3 Å². The van der Waals surface area contributed by atoms with Gasteiger partial charge in [-0.2, -0.15) is 0 Å². The first kappa shape index (κ1) is 9.20. The van der Waals surface area contributed by atoms with E-state index in [4.69, 9.17) is 0 Å². The van der Waals surface area contributed by atoms with E-state index in [9.17, 15) is 0 Å². The molecule has 2 heteroatoms. The standard InChI is InChI=1S/C10H13NS/c1-5-7(2)6-10-8(3)11-9(4)12-10/h5-6H,3H2,1-2,4H3/b7-5-,10-6+. The Morgan fingerprint density at radius 3 is 2.67 bits per heavy atom. The summed E-state index contributed by atoms with van der Waals surface area (Å²) in [6, 6.07) is 0. The topological polar surface area (TPSA) is 12.9 Å². The van der Waals surface area contributed by atoms with Crippen LogP contribution in [0.15, 0.2) is 11.6 Å². The minimum atomic E-state index is 0.888. The van der Waals surface area contributed by atoms with Gasteiger partial charge < -0.3 is 0 Å². The van der Waals surface area contributed by atoms with E-state index >= 15 is 0 Å². The highest BCUT2D eigenvalue weighted by Gasteiger charge is 1.91. The van der Waals surface area contributed by atoms with Gasteiger partial charge in [0.15, 0.2) is 0 Å². The fourth-order valence-corrected chi connectivity index (χ4v) is 1.77. The van der Waals surface area contributed by atoms with E-state index in [-0.39, 0.29) is 0 Å². The van der Waals surface area contributed by atoms with Crippen molar-refractivity contribution in [1.82, 2.24) is 4.98 Å². The smallest absolute Gasteiger partial charge is 0.0907 e. The SMILES string of the molecule is C=c1nc(C)s/c1=C/C(C)=C\C. The van der Waals surface area contributed by atoms with Gasteiger partial charge in [-0.25, -0.2) is 4.98 Å². The molecular formula is C10H13NS. The van der Waals surface area contributed by atoms with E-state index in [1.807, 2.05) is 13.8 Å². The predicted octanol–water partition coefficient (Wildman–Crippen LogP) is 1.61. The molecule has 0 spiro atoms. The van der Waals surface area contributed by atoms with Crippen LogP contribution in [-0.2, 0) is 0 Å². The van der Waals surface area contributed by atoms with E-state index in [2.05, 4.69) is 30.6 Å². The Kier molecular flexibility index (Phi) is 2.82. The zero-order valence-electron chi connectivity index (χ0n) is 7.72. The third kappa shape index (κ3) is 2.05. The Morgan fingerprint density at radius 2 is 2.25 bits per heavy atom. The van der Waals surface area contributed by atoms with Crippen LogP contribution in [-0.4, -0.2) is 4.98 Å². The summed E-state index contributed by atoms with van der Waals surface area (Å²) in [7, 11) is 0. The molecule has 64 valence electrons. The molecule has 0 fully saturated rings. The quantitative estimate of drug-likeness (QED) is 0.638. The van der Waals surface area contributed by atoms with Crippen LogP contribution in [0.5, 0.6) is 0 Å². The molecule has 12 heavy (non-hydrogen) atoms. The zero-order chi connectivity index (χ0) is 9.14. The fraction of sp³-hybridized carbons (Fsp3) is 0.300. The van der Waals surface area contributed by atoms with Gasteiger partial charge in [0.1, 0.15) is 0 Å². The number of hydrogen-bond acceptors (Lipinski definition) is 2. The highest BCUT2D eigenvalue weighted by atomic mass is 32.1. The molecule has 0 saturated carbocycles. The maximum absolute atomic E-state index is 4.25. The number of allylic oxidation sites excluding steroid dienone is 2. The molecule has 1 aromatic heterocycles. The third-order valence-corrected chi connectivity index (χ3v) is 2.61. The van der Waals surface area contributed by atoms with Gasteiger partial charge in [-0.05, 0) is 26.8 Å². The zero-order valence-corrected chi connectivity index (χ0v) is 8.53. The predicted molar refractivity (Wildman–Crippen MR) is 55.5 cm³/mol. The first-order valence-electron chi connectivity index (χ1n) is 3.90. The van der Waals surface area contributed by atoms with Crippen LogP contribution in [0.4, 0.5) is 0 Å². The number of hydrogen-bond donors (Lipinski definition) is 0. The van der Waals surface area contributed by atoms with Crippen LogP contribution in [0, 0.1) is 6.92 Å². The lowest BCUT2D eigenvalue weighted by Gasteiger charge is -1.83. The molecule has 1 aromatic rings. The highest BCUT2D eigenvalue weighted by molar-refractivity contribution is 7.09. The summed E-state index contributed by atoms with van der Waals surface area (Å²) in [4.78, 5) is 4.25. The number of nitrogens with zero attached hydrogens (tertiary/aromatic N) is 1. The van der Waals surface area contributed by atoms with E-state index in [1.54, 1.807) is 11.3 Å². The van der Waals surface area contributed by atoms with Gasteiger partial charge in [-0.3, -0.25) is 0 Å². The largest absolute Gasteiger partial charge is 0.242 e. The average molecular weight is 179 g/mol. The Hall–Kier alpha value is -0.890. The van der Waals surface area contributed by atoms with E-state index < -0.39 is 0 Å². The summed E-state index contributed by atoms with van der Waals surface area (Å²) < 4.78 is 1.17. The summed E-state index contributed by atoms with van der Waals surface area (Å²) in [6.07, 6.45) is 4.20. The molecule has 0 aliphatic carbocycles. The second-order valence-corrected chi connectivity index (χ2v) is 3.96. The van der Waals surface area contributed by atoms with Crippen molar-refractivity contribution in [2.24, 2.45) is 0 Å². The number of rotatable bonds is 1. The van der Waals surface area contributed by atoms with Crippen LogP contribution < -0.4 is 9.88 Å². The maximum Gasteiger partial charge on any atom is 0.0907 e. The van der Waals surface area contributed by atoms with Gasteiger partial charge in [0.05, 0.1) is 14.9 Å². The summed E-state index contributed by atoms with van der Waals surface area (Å²) in [5.74, 6) is 0. The summed E-state index contributed by atoms with van der Waals surface area (Å²) in [6.45, 7) is 9.98. The molecule has 1 heterocycles. The molecule has 0 radical (unpaired) electrons. The third-order valence-electron chi connectivity index (χ3n) is 1.65. The normalized spacial score (nSPS) is 13.9. The number of aryl methyl sites for hydroxylation is 1. The molecule has 0 aliphatic rings. The maximum atomic E-state index is 4.25. The van der Waals surface area contributed by atoms with Crippen molar-refractivity contribution in [1.29, 1.82) is 0 Å². The second-order valence-electron chi connectivity index (χ2n) is 2.72. The molecule has 1 rings (SSSR count). The van der Waals surface area contributed by atoms with Crippen molar-refractivity contribution in [3.8, 4) is 0 Å². The molecule has 1 nitrogen and oxygen atoms in total. The minimum absolute atomic E-state index is 0.888. The Bertz CT molecular complexity index is 398. The van der Waals surface area contributed by atoms with Crippen molar-refractivity contribution in [2.45, 2.75) is 20.8 Å². The molecule has 0 N–H and O–H groups in total. The minimum Gasteiger partial charge on any atom is -0.242 e. The first-order valence-corrected chi connectivity index (χ1v) is 4.72. The lowest BCUT2D eigenvalue weighted by Crippen LogP contribution is -2.18. The van der Waals surface area contributed by atoms with Gasteiger partial charge >= 0.3 is 0 Å². The van der Waals surface area contributed by atoms with Crippen LogP contribution in [0.3, 0.4) is 0 Å². The molecule has 0 amide bonds. The van der Waals surface area contributed by atoms with Crippen LogP contribution in [0.1, 0.15) is 18.9 Å². The number of thiazole rings is 1. The van der Waals surface area contributed by atoms with Gasteiger partial charge in [0.2, 0.25) is 0 Å². The van der Waals surface area contributed by atoms with Crippen LogP contribution in [0.2, 0.25) is 0 Å². The average Bonchev–Trinajstić information content (AvgIpc) is 2.30. The van der Waals surface area contributed by atoms with Crippen molar-refractivity contribution in [3.05, 3.63) is 26.5 Å². The fourth-order valence-electron chi connectivity index (χ4n) is 0.889. The number of aromatic nitrogens is 1. The summed E-state index contributed by atoms with van der Waals surface area (Å²) >= 11 is 1.69. The monoisotopic (exact) mass is 179 g/mol. The van der Waals surface area contributed by atoms with E-state index in [0.717, 1.165) is 10.4 Å². The summed E-state index contributed by atoms with van der Waals surface area (Å²) in [5, 5.41) is 1.97. The van der Waals surface area contributed by atoms with E-state index in [0.29, 0.717) is 0 Å². The second kappa shape index (κ2) is 3.68. The highest BCUT2D eigenvalue weighted by Crippen LogP contribution is 1.95. The van der Waals surface area contributed by atoms with Gasteiger partial charge in [0, 0.05) is 0 Å². The lowest BCUT2D eigenvalue weighted by molar-refractivity contribution is 1.24.